The number of hydrogen-bond acceptors (Lipinski definition) is 3. The van der Waals surface area contributed by atoms with E-state index in [2.05, 4.69) is 53.2 Å². The summed E-state index contributed by atoms with van der Waals surface area (Å²) in [4.78, 5) is 4.84. The lowest BCUT2D eigenvalue weighted by Gasteiger charge is -2.13. The maximum atomic E-state index is 6.17. The van der Waals surface area contributed by atoms with Gasteiger partial charge >= 0.3 is 0 Å². The van der Waals surface area contributed by atoms with E-state index >= 15 is 0 Å². The molecular formula is C25H24N2O2. The van der Waals surface area contributed by atoms with Gasteiger partial charge in [-0.1, -0.05) is 72.8 Å². The van der Waals surface area contributed by atoms with Gasteiger partial charge in [-0.15, -0.1) is 0 Å². The Hall–Kier alpha value is -3.37. The molecule has 0 saturated carbocycles. The highest BCUT2D eigenvalue weighted by atomic mass is 16.5. The van der Waals surface area contributed by atoms with Gasteiger partial charge < -0.3 is 14.0 Å². The topological polar surface area (TPSA) is 36.3 Å². The SMILES string of the molecule is COCc1cn(Cc2ccccc2)c(-c2ccccc2OCc2ccccc2)n1. The van der Waals surface area contributed by atoms with E-state index in [1.807, 2.05) is 42.5 Å². The minimum atomic E-state index is 0.474. The van der Waals surface area contributed by atoms with E-state index in [-0.39, 0.29) is 0 Å². The van der Waals surface area contributed by atoms with Crippen LogP contribution in [0.4, 0.5) is 0 Å². The van der Waals surface area contributed by atoms with E-state index in [9.17, 15) is 0 Å². The monoisotopic (exact) mass is 384 g/mol. The van der Waals surface area contributed by atoms with Crippen LogP contribution in [0.15, 0.2) is 91.1 Å². The Kier molecular flexibility index (Phi) is 6.03. The van der Waals surface area contributed by atoms with Crippen molar-refractivity contribution >= 4 is 0 Å². The van der Waals surface area contributed by atoms with E-state index in [0.29, 0.717) is 13.2 Å². The third-order valence-electron chi connectivity index (χ3n) is 4.68. The number of nitrogens with zero attached hydrogens (tertiary/aromatic N) is 2. The predicted molar refractivity (Wildman–Crippen MR) is 115 cm³/mol. The Labute approximate surface area is 171 Å². The Morgan fingerprint density at radius 3 is 2.14 bits per heavy atom. The molecule has 0 saturated heterocycles. The maximum Gasteiger partial charge on any atom is 0.144 e. The summed E-state index contributed by atoms with van der Waals surface area (Å²) in [5, 5.41) is 0. The Balaban J connectivity index is 1.66. The highest BCUT2D eigenvalue weighted by Crippen LogP contribution is 2.30. The Morgan fingerprint density at radius 1 is 0.759 bits per heavy atom. The quantitative estimate of drug-likeness (QED) is 0.412. The smallest absolute Gasteiger partial charge is 0.144 e. The van der Waals surface area contributed by atoms with Crippen LogP contribution in [-0.4, -0.2) is 16.7 Å². The van der Waals surface area contributed by atoms with Crippen molar-refractivity contribution in [2.24, 2.45) is 0 Å². The van der Waals surface area contributed by atoms with Gasteiger partial charge in [-0.3, -0.25) is 0 Å². The molecule has 1 aromatic heterocycles. The van der Waals surface area contributed by atoms with Crippen LogP contribution in [-0.2, 0) is 24.5 Å². The molecule has 0 unspecified atom stereocenters. The highest BCUT2D eigenvalue weighted by molar-refractivity contribution is 5.65. The number of methoxy groups -OCH3 is 1. The molecule has 4 rings (SSSR count). The van der Waals surface area contributed by atoms with Crippen molar-refractivity contribution in [3.05, 3.63) is 108 Å². The van der Waals surface area contributed by atoms with Gasteiger partial charge in [-0.05, 0) is 23.3 Å². The standard InChI is InChI=1S/C25H24N2O2/c1-28-19-22-17-27(16-20-10-4-2-5-11-20)25(26-22)23-14-8-9-15-24(23)29-18-21-12-6-3-7-13-21/h2-15,17H,16,18-19H2,1H3. The average molecular weight is 384 g/mol. The molecule has 29 heavy (non-hydrogen) atoms. The molecule has 0 N–H and O–H groups in total. The first-order valence-electron chi connectivity index (χ1n) is 9.68. The van der Waals surface area contributed by atoms with Crippen LogP contribution in [0.1, 0.15) is 16.8 Å². The van der Waals surface area contributed by atoms with Crippen LogP contribution in [0.3, 0.4) is 0 Å². The van der Waals surface area contributed by atoms with Crippen molar-refractivity contribution in [2.75, 3.05) is 7.11 Å². The number of aromatic nitrogens is 2. The Bertz CT molecular complexity index is 1040. The number of hydrogen-bond donors (Lipinski definition) is 0. The van der Waals surface area contributed by atoms with Gasteiger partial charge in [0.1, 0.15) is 18.2 Å². The van der Waals surface area contributed by atoms with E-state index in [1.54, 1.807) is 7.11 Å². The molecule has 0 atom stereocenters. The number of benzene rings is 3. The Morgan fingerprint density at radius 2 is 1.41 bits per heavy atom. The molecule has 0 aliphatic carbocycles. The van der Waals surface area contributed by atoms with Gasteiger partial charge in [0, 0.05) is 19.9 Å². The summed E-state index contributed by atoms with van der Waals surface area (Å²) in [5.74, 6) is 1.70. The molecule has 0 spiro atoms. The lowest BCUT2D eigenvalue weighted by Crippen LogP contribution is -2.03. The normalized spacial score (nSPS) is 10.8. The lowest BCUT2D eigenvalue weighted by atomic mass is 10.1. The fourth-order valence-electron chi connectivity index (χ4n) is 3.32. The number of para-hydroxylation sites is 1. The molecule has 0 fully saturated rings. The van der Waals surface area contributed by atoms with Crippen molar-refractivity contribution in [1.29, 1.82) is 0 Å². The van der Waals surface area contributed by atoms with Crippen LogP contribution in [0, 0.1) is 0 Å². The number of rotatable bonds is 8. The molecule has 0 amide bonds. The van der Waals surface area contributed by atoms with Gasteiger partial charge in [-0.25, -0.2) is 4.98 Å². The molecule has 4 aromatic rings. The molecule has 146 valence electrons. The zero-order valence-corrected chi connectivity index (χ0v) is 16.5. The second kappa shape index (κ2) is 9.22. The van der Waals surface area contributed by atoms with Crippen molar-refractivity contribution < 1.29 is 9.47 Å². The molecule has 0 aliphatic heterocycles. The molecule has 0 aliphatic rings. The molecule has 0 bridgehead atoms. The van der Waals surface area contributed by atoms with Crippen molar-refractivity contribution in [3.8, 4) is 17.1 Å². The zero-order chi connectivity index (χ0) is 19.9. The molecule has 4 nitrogen and oxygen atoms in total. The summed E-state index contributed by atoms with van der Waals surface area (Å²) >= 11 is 0. The zero-order valence-electron chi connectivity index (χ0n) is 16.5. The average Bonchev–Trinajstić information content (AvgIpc) is 3.16. The van der Waals surface area contributed by atoms with Gasteiger partial charge in [0.15, 0.2) is 0 Å². The van der Waals surface area contributed by atoms with E-state index in [0.717, 1.165) is 34.9 Å². The highest BCUT2D eigenvalue weighted by Gasteiger charge is 2.15. The number of imidazole rings is 1. The van der Waals surface area contributed by atoms with Crippen molar-refractivity contribution in [3.63, 3.8) is 0 Å². The largest absolute Gasteiger partial charge is 0.488 e. The van der Waals surface area contributed by atoms with Crippen molar-refractivity contribution in [1.82, 2.24) is 9.55 Å². The second-order valence-electron chi connectivity index (χ2n) is 6.87. The van der Waals surface area contributed by atoms with Gasteiger partial charge in [0.25, 0.3) is 0 Å². The summed E-state index contributed by atoms with van der Waals surface area (Å²) in [7, 11) is 1.69. The molecule has 1 heterocycles. The van der Waals surface area contributed by atoms with Crippen molar-refractivity contribution in [2.45, 2.75) is 19.8 Å². The first-order chi connectivity index (χ1) is 14.3. The van der Waals surface area contributed by atoms with Crippen LogP contribution in [0.25, 0.3) is 11.4 Å². The fraction of sp³-hybridized carbons (Fsp3) is 0.160. The summed E-state index contributed by atoms with van der Waals surface area (Å²) in [6.45, 7) is 1.73. The molecule has 4 heteroatoms. The summed E-state index contributed by atoms with van der Waals surface area (Å²) in [6, 6.07) is 28.6. The minimum absolute atomic E-state index is 0.474. The maximum absolute atomic E-state index is 6.17. The minimum Gasteiger partial charge on any atom is -0.488 e. The van der Waals surface area contributed by atoms with Gasteiger partial charge in [0.2, 0.25) is 0 Å². The van der Waals surface area contributed by atoms with E-state index in [4.69, 9.17) is 14.5 Å². The summed E-state index contributed by atoms with van der Waals surface area (Å²) in [6.07, 6.45) is 2.06. The van der Waals surface area contributed by atoms with E-state index < -0.39 is 0 Å². The molecule has 0 radical (unpaired) electrons. The fourth-order valence-corrected chi connectivity index (χ4v) is 3.32. The number of ether oxygens (including phenoxy) is 2. The predicted octanol–water partition coefficient (Wildman–Crippen LogP) is 5.32. The third-order valence-corrected chi connectivity index (χ3v) is 4.68. The first-order valence-corrected chi connectivity index (χ1v) is 9.68. The van der Waals surface area contributed by atoms with E-state index in [1.165, 1.54) is 5.56 Å². The van der Waals surface area contributed by atoms with Crippen LogP contribution < -0.4 is 4.74 Å². The van der Waals surface area contributed by atoms with Crippen LogP contribution >= 0.6 is 0 Å². The van der Waals surface area contributed by atoms with Gasteiger partial charge in [-0.2, -0.15) is 0 Å². The molecular weight excluding hydrogens is 360 g/mol. The molecule has 3 aromatic carbocycles. The van der Waals surface area contributed by atoms with Crippen LogP contribution in [0.5, 0.6) is 5.75 Å². The lowest BCUT2D eigenvalue weighted by molar-refractivity contribution is 0.182. The third kappa shape index (κ3) is 4.73. The first kappa shape index (κ1) is 19.0. The summed E-state index contributed by atoms with van der Waals surface area (Å²) in [5.41, 5.74) is 4.23. The van der Waals surface area contributed by atoms with Gasteiger partial charge in [0.05, 0.1) is 17.9 Å². The summed E-state index contributed by atoms with van der Waals surface area (Å²) < 4.78 is 13.6. The van der Waals surface area contributed by atoms with Crippen LogP contribution in [0.2, 0.25) is 0 Å². The second-order valence-corrected chi connectivity index (χ2v) is 6.87.